The third kappa shape index (κ3) is 5.30. The minimum absolute atomic E-state index is 0.294. The molecule has 6 nitrogen and oxygen atoms in total. The predicted octanol–water partition coefficient (Wildman–Crippen LogP) is 4.29. The van der Waals surface area contributed by atoms with E-state index in [0.717, 1.165) is 0 Å². The molecule has 0 radical (unpaired) electrons. The van der Waals surface area contributed by atoms with Crippen molar-refractivity contribution >= 4 is 0 Å². The molecular formula is C18H24N4O2. The zero-order valence-electron chi connectivity index (χ0n) is 14.9. The number of nitrogens with zero attached hydrogens (tertiary/aromatic N) is 4. The quantitative estimate of drug-likeness (QED) is 0.711. The lowest BCUT2D eigenvalue weighted by molar-refractivity contribution is 0.439. The molecule has 0 saturated carbocycles. The van der Waals surface area contributed by atoms with Gasteiger partial charge in [-0.05, 0) is 5.56 Å². The average Bonchev–Trinajstić information content (AvgIpc) is 3.18. The van der Waals surface area contributed by atoms with Gasteiger partial charge in [0.25, 0.3) is 0 Å². The Labute approximate surface area is 142 Å². The third-order valence-corrected chi connectivity index (χ3v) is 3.21. The van der Waals surface area contributed by atoms with Crippen LogP contribution in [-0.2, 0) is 6.42 Å². The molecule has 6 heteroatoms. The van der Waals surface area contributed by atoms with Crippen molar-refractivity contribution in [1.82, 2.24) is 20.4 Å². The number of hydrogen-bond donors (Lipinski definition) is 0. The van der Waals surface area contributed by atoms with E-state index in [4.69, 9.17) is 8.83 Å². The molecule has 2 aromatic heterocycles. The number of aryl methyl sites for hydroxylation is 1. The SMILES string of the molecule is CC(C)c1nnc(Cc2ccccc2)o1.Cc1nnc(C(C)C)o1. The second kappa shape index (κ2) is 8.38. The summed E-state index contributed by atoms with van der Waals surface area (Å²) in [4.78, 5) is 0. The Morgan fingerprint density at radius 3 is 1.83 bits per heavy atom. The Balaban J connectivity index is 0.000000198. The molecule has 0 bridgehead atoms. The Hall–Kier alpha value is -2.50. The van der Waals surface area contributed by atoms with Gasteiger partial charge < -0.3 is 8.83 Å². The summed E-state index contributed by atoms with van der Waals surface area (Å²) in [7, 11) is 0. The fourth-order valence-electron chi connectivity index (χ4n) is 1.89. The van der Waals surface area contributed by atoms with Crippen molar-refractivity contribution in [2.75, 3.05) is 0 Å². The summed E-state index contributed by atoms with van der Waals surface area (Å²) < 4.78 is 10.6. The predicted molar refractivity (Wildman–Crippen MR) is 90.8 cm³/mol. The van der Waals surface area contributed by atoms with E-state index >= 15 is 0 Å². The fourth-order valence-corrected chi connectivity index (χ4v) is 1.89. The molecule has 0 aliphatic rings. The smallest absolute Gasteiger partial charge is 0.220 e. The highest BCUT2D eigenvalue weighted by Crippen LogP contribution is 2.14. The fraction of sp³-hybridized carbons (Fsp3) is 0.444. The first-order valence-electron chi connectivity index (χ1n) is 8.12. The van der Waals surface area contributed by atoms with Crippen molar-refractivity contribution in [3.05, 3.63) is 59.5 Å². The van der Waals surface area contributed by atoms with Gasteiger partial charge in [-0.3, -0.25) is 0 Å². The van der Waals surface area contributed by atoms with E-state index in [2.05, 4.69) is 32.5 Å². The number of rotatable bonds is 4. The largest absolute Gasteiger partial charge is 0.425 e. The Kier molecular flexibility index (Phi) is 6.23. The second-order valence-electron chi connectivity index (χ2n) is 6.17. The maximum absolute atomic E-state index is 5.53. The zero-order valence-corrected chi connectivity index (χ0v) is 14.9. The Bertz CT molecular complexity index is 732. The van der Waals surface area contributed by atoms with E-state index in [1.165, 1.54) is 5.56 Å². The highest BCUT2D eigenvalue weighted by atomic mass is 16.4. The van der Waals surface area contributed by atoms with Crippen molar-refractivity contribution in [1.29, 1.82) is 0 Å². The van der Waals surface area contributed by atoms with Gasteiger partial charge in [0.05, 0.1) is 6.42 Å². The van der Waals surface area contributed by atoms with Gasteiger partial charge in [-0.1, -0.05) is 58.0 Å². The number of aromatic nitrogens is 4. The van der Waals surface area contributed by atoms with Crippen molar-refractivity contribution < 1.29 is 8.83 Å². The van der Waals surface area contributed by atoms with Crippen LogP contribution in [0.15, 0.2) is 39.2 Å². The third-order valence-electron chi connectivity index (χ3n) is 3.21. The molecule has 0 aliphatic heterocycles. The molecule has 0 aliphatic carbocycles. The first kappa shape index (κ1) is 17.8. The van der Waals surface area contributed by atoms with Gasteiger partial charge in [0.1, 0.15) is 0 Å². The maximum atomic E-state index is 5.53. The summed E-state index contributed by atoms with van der Waals surface area (Å²) in [5.74, 6) is 3.38. The van der Waals surface area contributed by atoms with Gasteiger partial charge in [0.2, 0.25) is 23.6 Å². The summed E-state index contributed by atoms with van der Waals surface area (Å²) in [5.41, 5.74) is 1.19. The molecule has 0 spiro atoms. The topological polar surface area (TPSA) is 77.8 Å². The second-order valence-corrected chi connectivity index (χ2v) is 6.17. The minimum atomic E-state index is 0.294. The molecule has 1 aromatic carbocycles. The van der Waals surface area contributed by atoms with Gasteiger partial charge in [0.15, 0.2) is 0 Å². The van der Waals surface area contributed by atoms with Crippen LogP contribution < -0.4 is 0 Å². The van der Waals surface area contributed by atoms with Crippen LogP contribution in [0.4, 0.5) is 0 Å². The maximum Gasteiger partial charge on any atom is 0.220 e. The van der Waals surface area contributed by atoms with Crippen molar-refractivity contribution in [3.8, 4) is 0 Å². The highest BCUT2D eigenvalue weighted by molar-refractivity contribution is 5.17. The Morgan fingerprint density at radius 2 is 1.38 bits per heavy atom. The summed E-state index contributed by atoms with van der Waals surface area (Å²) >= 11 is 0. The van der Waals surface area contributed by atoms with E-state index in [9.17, 15) is 0 Å². The van der Waals surface area contributed by atoms with E-state index in [0.29, 0.717) is 41.8 Å². The molecule has 0 fully saturated rings. The molecule has 2 heterocycles. The van der Waals surface area contributed by atoms with E-state index < -0.39 is 0 Å². The van der Waals surface area contributed by atoms with Crippen LogP contribution in [0, 0.1) is 6.92 Å². The zero-order chi connectivity index (χ0) is 17.5. The van der Waals surface area contributed by atoms with Crippen LogP contribution in [0.2, 0.25) is 0 Å². The van der Waals surface area contributed by atoms with Crippen LogP contribution >= 0.6 is 0 Å². The van der Waals surface area contributed by atoms with Gasteiger partial charge in [0, 0.05) is 18.8 Å². The molecule has 0 atom stereocenters. The lowest BCUT2D eigenvalue weighted by Crippen LogP contribution is -1.87. The van der Waals surface area contributed by atoms with Crippen LogP contribution in [0.1, 0.15) is 68.7 Å². The highest BCUT2D eigenvalue weighted by Gasteiger charge is 2.09. The van der Waals surface area contributed by atoms with E-state index in [-0.39, 0.29) is 0 Å². The van der Waals surface area contributed by atoms with Gasteiger partial charge in [-0.15, -0.1) is 20.4 Å². The van der Waals surface area contributed by atoms with E-state index in [1.807, 2.05) is 45.9 Å². The molecule has 128 valence electrons. The van der Waals surface area contributed by atoms with Crippen LogP contribution in [0.5, 0.6) is 0 Å². The Morgan fingerprint density at radius 1 is 0.792 bits per heavy atom. The van der Waals surface area contributed by atoms with Crippen LogP contribution in [0.25, 0.3) is 0 Å². The molecule has 0 N–H and O–H groups in total. The monoisotopic (exact) mass is 328 g/mol. The van der Waals surface area contributed by atoms with Crippen molar-refractivity contribution in [2.45, 2.75) is 52.9 Å². The lowest BCUT2D eigenvalue weighted by atomic mass is 10.1. The standard InChI is InChI=1S/C12H14N2O.C6H10N2O/c1-9(2)12-14-13-11(15-12)8-10-6-4-3-5-7-10;1-4(2)6-8-7-5(3)9-6/h3-7,9H,8H2,1-2H3;4H,1-3H3. The molecule has 0 amide bonds. The van der Waals surface area contributed by atoms with Crippen molar-refractivity contribution in [2.24, 2.45) is 0 Å². The molecule has 0 saturated heterocycles. The first-order valence-corrected chi connectivity index (χ1v) is 8.12. The summed E-state index contributed by atoms with van der Waals surface area (Å²) in [6, 6.07) is 10.1. The first-order chi connectivity index (χ1) is 11.5. The summed E-state index contributed by atoms with van der Waals surface area (Å²) in [6.45, 7) is 9.92. The van der Waals surface area contributed by atoms with Crippen LogP contribution in [-0.4, -0.2) is 20.4 Å². The number of benzene rings is 1. The van der Waals surface area contributed by atoms with E-state index in [1.54, 1.807) is 6.92 Å². The van der Waals surface area contributed by atoms with Gasteiger partial charge >= 0.3 is 0 Å². The normalized spacial score (nSPS) is 10.8. The van der Waals surface area contributed by atoms with Crippen molar-refractivity contribution in [3.63, 3.8) is 0 Å². The molecule has 3 rings (SSSR count). The molecule has 0 unspecified atom stereocenters. The summed E-state index contributed by atoms with van der Waals surface area (Å²) in [6.07, 6.45) is 0.709. The van der Waals surface area contributed by atoms with Gasteiger partial charge in [-0.2, -0.15) is 0 Å². The minimum Gasteiger partial charge on any atom is -0.425 e. The summed E-state index contributed by atoms with van der Waals surface area (Å²) in [5, 5.41) is 15.5. The number of hydrogen-bond acceptors (Lipinski definition) is 6. The molecule has 24 heavy (non-hydrogen) atoms. The van der Waals surface area contributed by atoms with Crippen LogP contribution in [0.3, 0.4) is 0 Å². The van der Waals surface area contributed by atoms with Gasteiger partial charge in [-0.25, -0.2) is 0 Å². The average molecular weight is 328 g/mol. The molecule has 3 aromatic rings. The molecular weight excluding hydrogens is 304 g/mol. The lowest BCUT2D eigenvalue weighted by Gasteiger charge is -1.96.